The topological polar surface area (TPSA) is 49.9 Å². The molecule has 1 aliphatic heterocycles. The summed E-state index contributed by atoms with van der Waals surface area (Å²) in [6, 6.07) is 14.8. The molecule has 1 aliphatic rings. The number of rotatable bonds is 6. The second kappa shape index (κ2) is 8.20. The van der Waals surface area contributed by atoms with Crippen molar-refractivity contribution in [2.75, 3.05) is 39.3 Å². The first kappa shape index (κ1) is 18.9. The maximum absolute atomic E-state index is 12.7. The Kier molecular flexibility index (Phi) is 5.96. The van der Waals surface area contributed by atoms with Crippen molar-refractivity contribution in [3.63, 3.8) is 0 Å². The summed E-state index contributed by atoms with van der Waals surface area (Å²) < 4.78 is 32.8. The van der Waals surface area contributed by atoms with E-state index in [-0.39, 0.29) is 0 Å². The van der Waals surface area contributed by atoms with Gasteiger partial charge in [-0.3, -0.25) is 4.90 Å². The Labute approximate surface area is 156 Å². The largest absolute Gasteiger partial charge is 0.492 e. The molecule has 0 spiro atoms. The molecule has 0 bridgehead atoms. The van der Waals surface area contributed by atoms with E-state index >= 15 is 0 Å². The van der Waals surface area contributed by atoms with Crippen LogP contribution in [0, 0.1) is 13.8 Å². The van der Waals surface area contributed by atoms with Gasteiger partial charge in [0.15, 0.2) is 0 Å². The minimum absolute atomic E-state index is 0.367. The van der Waals surface area contributed by atoms with Gasteiger partial charge in [-0.15, -0.1) is 0 Å². The molecule has 5 nitrogen and oxygen atoms in total. The van der Waals surface area contributed by atoms with Gasteiger partial charge in [-0.25, -0.2) is 8.42 Å². The van der Waals surface area contributed by atoms with Gasteiger partial charge in [-0.2, -0.15) is 4.31 Å². The van der Waals surface area contributed by atoms with Crippen LogP contribution in [-0.4, -0.2) is 57.0 Å². The van der Waals surface area contributed by atoms with Crippen LogP contribution in [0.1, 0.15) is 11.1 Å². The third-order valence-electron chi connectivity index (χ3n) is 4.77. The van der Waals surface area contributed by atoms with Crippen molar-refractivity contribution in [1.82, 2.24) is 9.21 Å². The highest BCUT2D eigenvalue weighted by atomic mass is 32.2. The van der Waals surface area contributed by atoms with E-state index in [1.54, 1.807) is 28.6 Å². The zero-order valence-electron chi connectivity index (χ0n) is 15.4. The molecular weight excluding hydrogens is 348 g/mol. The van der Waals surface area contributed by atoms with Crippen LogP contribution in [-0.2, 0) is 10.0 Å². The van der Waals surface area contributed by atoms with E-state index in [9.17, 15) is 8.42 Å². The maximum Gasteiger partial charge on any atom is 0.243 e. The third-order valence-corrected chi connectivity index (χ3v) is 6.69. The zero-order valence-corrected chi connectivity index (χ0v) is 16.2. The van der Waals surface area contributed by atoms with Gasteiger partial charge in [0.25, 0.3) is 0 Å². The van der Waals surface area contributed by atoms with Gasteiger partial charge in [0, 0.05) is 32.7 Å². The molecule has 2 aromatic carbocycles. The number of sulfonamides is 1. The van der Waals surface area contributed by atoms with Crippen molar-refractivity contribution >= 4 is 10.0 Å². The Balaban J connectivity index is 1.50. The fraction of sp³-hybridized carbons (Fsp3) is 0.400. The van der Waals surface area contributed by atoms with Crippen molar-refractivity contribution in [2.45, 2.75) is 18.7 Å². The first-order chi connectivity index (χ1) is 12.5. The molecule has 0 unspecified atom stereocenters. The number of benzene rings is 2. The Morgan fingerprint density at radius 3 is 2.12 bits per heavy atom. The summed E-state index contributed by atoms with van der Waals surface area (Å²) in [6.45, 7) is 7.99. The normalized spacial score (nSPS) is 16.5. The van der Waals surface area contributed by atoms with E-state index in [1.165, 1.54) is 0 Å². The zero-order chi connectivity index (χ0) is 18.6. The average molecular weight is 375 g/mol. The van der Waals surface area contributed by atoms with Crippen molar-refractivity contribution in [1.29, 1.82) is 0 Å². The average Bonchev–Trinajstić information content (AvgIpc) is 2.65. The molecule has 0 amide bonds. The summed E-state index contributed by atoms with van der Waals surface area (Å²) >= 11 is 0. The van der Waals surface area contributed by atoms with Gasteiger partial charge < -0.3 is 4.74 Å². The Bertz CT molecular complexity index is 809. The number of hydrogen-bond donors (Lipinski definition) is 0. The summed E-state index contributed by atoms with van der Waals surface area (Å²) in [4.78, 5) is 2.62. The van der Waals surface area contributed by atoms with Crippen LogP contribution in [0.4, 0.5) is 0 Å². The van der Waals surface area contributed by atoms with E-state index in [1.807, 2.05) is 12.1 Å². The van der Waals surface area contributed by atoms with Crippen molar-refractivity contribution in [3.8, 4) is 5.75 Å². The number of aryl methyl sites for hydroxylation is 2. The molecule has 0 atom stereocenters. The smallest absolute Gasteiger partial charge is 0.243 e. The van der Waals surface area contributed by atoms with Crippen molar-refractivity contribution in [2.24, 2.45) is 0 Å². The summed E-state index contributed by atoms with van der Waals surface area (Å²) in [7, 11) is -3.38. The quantitative estimate of drug-likeness (QED) is 0.780. The summed E-state index contributed by atoms with van der Waals surface area (Å²) in [5, 5.41) is 0. The lowest BCUT2D eigenvalue weighted by molar-refractivity contribution is 0.158. The molecule has 26 heavy (non-hydrogen) atoms. The Hall–Kier alpha value is -1.89. The molecule has 0 aromatic heterocycles. The SMILES string of the molecule is Cc1cccc(C)c1OCCN1CCN(S(=O)(=O)c2ccccc2)CC1. The van der Waals surface area contributed by atoms with Crippen LogP contribution in [0.15, 0.2) is 53.4 Å². The Morgan fingerprint density at radius 1 is 0.885 bits per heavy atom. The van der Waals surface area contributed by atoms with Gasteiger partial charge in [0.05, 0.1) is 4.90 Å². The molecule has 140 valence electrons. The Morgan fingerprint density at radius 2 is 1.50 bits per heavy atom. The molecule has 1 heterocycles. The van der Waals surface area contributed by atoms with E-state index in [0.29, 0.717) is 24.6 Å². The molecule has 0 radical (unpaired) electrons. The van der Waals surface area contributed by atoms with Gasteiger partial charge in [0.1, 0.15) is 12.4 Å². The van der Waals surface area contributed by atoms with E-state index in [2.05, 4.69) is 30.9 Å². The molecule has 6 heteroatoms. The molecule has 0 N–H and O–H groups in total. The van der Waals surface area contributed by atoms with Crippen LogP contribution >= 0.6 is 0 Å². The van der Waals surface area contributed by atoms with E-state index in [0.717, 1.165) is 36.5 Å². The van der Waals surface area contributed by atoms with Gasteiger partial charge >= 0.3 is 0 Å². The summed E-state index contributed by atoms with van der Waals surface area (Å²) in [5.74, 6) is 0.956. The number of nitrogens with zero attached hydrogens (tertiary/aromatic N) is 2. The second-order valence-corrected chi connectivity index (χ2v) is 8.57. The molecule has 3 rings (SSSR count). The van der Waals surface area contributed by atoms with Crippen LogP contribution in [0.3, 0.4) is 0 Å². The molecule has 1 saturated heterocycles. The highest BCUT2D eigenvalue weighted by Gasteiger charge is 2.28. The monoisotopic (exact) mass is 374 g/mol. The lowest BCUT2D eigenvalue weighted by Gasteiger charge is -2.33. The number of para-hydroxylation sites is 1. The predicted molar refractivity (Wildman–Crippen MR) is 103 cm³/mol. The van der Waals surface area contributed by atoms with Crippen molar-refractivity contribution < 1.29 is 13.2 Å². The first-order valence-corrected chi connectivity index (χ1v) is 10.4. The van der Waals surface area contributed by atoms with Crippen LogP contribution < -0.4 is 4.74 Å². The minimum Gasteiger partial charge on any atom is -0.492 e. The predicted octanol–water partition coefficient (Wildman–Crippen LogP) is 2.69. The highest BCUT2D eigenvalue weighted by molar-refractivity contribution is 7.89. The van der Waals surface area contributed by atoms with Crippen LogP contribution in [0.25, 0.3) is 0 Å². The third kappa shape index (κ3) is 4.26. The first-order valence-electron chi connectivity index (χ1n) is 8.95. The lowest BCUT2D eigenvalue weighted by atomic mass is 10.1. The lowest BCUT2D eigenvalue weighted by Crippen LogP contribution is -2.49. The van der Waals surface area contributed by atoms with Gasteiger partial charge in [0.2, 0.25) is 10.0 Å². The fourth-order valence-corrected chi connectivity index (χ4v) is 4.68. The van der Waals surface area contributed by atoms with E-state index in [4.69, 9.17) is 4.74 Å². The molecule has 0 saturated carbocycles. The molecular formula is C20H26N2O3S. The summed E-state index contributed by atoms with van der Waals surface area (Å²) in [5.41, 5.74) is 2.28. The number of hydrogen-bond acceptors (Lipinski definition) is 4. The van der Waals surface area contributed by atoms with E-state index < -0.39 is 10.0 Å². The van der Waals surface area contributed by atoms with Gasteiger partial charge in [-0.1, -0.05) is 36.4 Å². The number of ether oxygens (including phenoxy) is 1. The molecule has 0 aliphatic carbocycles. The van der Waals surface area contributed by atoms with Crippen LogP contribution in [0.5, 0.6) is 5.75 Å². The molecule has 1 fully saturated rings. The van der Waals surface area contributed by atoms with Crippen molar-refractivity contribution in [3.05, 3.63) is 59.7 Å². The molecule has 2 aromatic rings. The fourth-order valence-electron chi connectivity index (χ4n) is 3.24. The highest BCUT2D eigenvalue weighted by Crippen LogP contribution is 2.22. The van der Waals surface area contributed by atoms with Gasteiger partial charge in [-0.05, 0) is 37.1 Å². The second-order valence-electron chi connectivity index (χ2n) is 6.63. The van der Waals surface area contributed by atoms with Crippen LogP contribution in [0.2, 0.25) is 0 Å². The summed E-state index contributed by atoms with van der Waals surface area (Å²) in [6.07, 6.45) is 0. The minimum atomic E-state index is -3.38. The number of piperazine rings is 1. The standard InChI is InChI=1S/C20H26N2O3S/c1-17-7-6-8-18(2)20(17)25-16-15-21-11-13-22(14-12-21)26(23,24)19-9-4-3-5-10-19/h3-10H,11-16H2,1-2H3. The maximum atomic E-state index is 12.7.